The molecule has 0 amide bonds. The van der Waals surface area contributed by atoms with Crippen LogP contribution in [0.1, 0.15) is 0 Å². The van der Waals surface area contributed by atoms with Gasteiger partial charge in [-0.3, -0.25) is 28.2 Å². The van der Waals surface area contributed by atoms with E-state index >= 15 is 0 Å². The Morgan fingerprint density at radius 3 is 0.375 bits per heavy atom. The normalized spacial score (nSPS) is 0. The summed E-state index contributed by atoms with van der Waals surface area (Å²) >= 11 is 0. The van der Waals surface area contributed by atoms with Gasteiger partial charge in [0.1, 0.15) is 0 Å². The molecule has 0 fully saturated rings. The molecule has 8 heteroatoms. The van der Waals surface area contributed by atoms with Gasteiger partial charge in [0.2, 0.25) is 0 Å². The molecule has 0 N–H and O–H groups in total. The fourth-order valence-corrected chi connectivity index (χ4v) is 0. The SMILES string of the molecule is F.F.F.F.F.F.[As].[KH]. The summed E-state index contributed by atoms with van der Waals surface area (Å²) in [6, 6.07) is 0. The Balaban J connectivity index is 0. The first-order valence-electron chi connectivity index (χ1n) is 0. The zero-order valence-corrected chi connectivity index (χ0v) is 4.77. The summed E-state index contributed by atoms with van der Waals surface area (Å²) in [7, 11) is 0. The van der Waals surface area contributed by atoms with Gasteiger partial charge in [0, 0.05) is 18.0 Å². The third-order valence-electron chi connectivity index (χ3n) is 0. The van der Waals surface area contributed by atoms with Crippen molar-refractivity contribution in [2.75, 3.05) is 0 Å². The van der Waals surface area contributed by atoms with Crippen LogP contribution in [0.25, 0.3) is 0 Å². The van der Waals surface area contributed by atoms with Gasteiger partial charge in [0.05, 0.1) is 0 Å². The third-order valence-corrected chi connectivity index (χ3v) is 0. The first kappa shape index (κ1) is 239. The van der Waals surface area contributed by atoms with E-state index < -0.39 is 0 Å². The van der Waals surface area contributed by atoms with Crippen LogP contribution in [0.4, 0.5) is 28.2 Å². The van der Waals surface area contributed by atoms with Crippen molar-refractivity contribution in [3.8, 4) is 0 Å². The molecule has 0 atom stereocenters. The summed E-state index contributed by atoms with van der Waals surface area (Å²) in [4.78, 5) is 0. The van der Waals surface area contributed by atoms with Crippen LogP contribution in [0.3, 0.4) is 0 Å². The van der Waals surface area contributed by atoms with Crippen LogP contribution in [0.15, 0.2) is 0 Å². The molecular formula is H7AsF6K. The Labute approximate surface area is 96.1 Å². The van der Waals surface area contributed by atoms with E-state index in [-0.39, 0.29) is 97.6 Å². The average Bonchev–Trinajstić information content (AvgIpc) is 0. The van der Waals surface area contributed by atoms with Crippen LogP contribution >= 0.6 is 0 Å². The molecule has 0 nitrogen and oxygen atoms in total. The van der Waals surface area contributed by atoms with Crippen LogP contribution in [0.2, 0.25) is 0 Å². The summed E-state index contributed by atoms with van der Waals surface area (Å²) in [5, 5.41) is 0. The molecule has 0 aliphatic heterocycles. The molecule has 0 saturated heterocycles. The van der Waals surface area contributed by atoms with Crippen LogP contribution in [0, 0.1) is 0 Å². The first-order valence-corrected chi connectivity index (χ1v) is 0. The minimum atomic E-state index is 0. The van der Waals surface area contributed by atoms with E-state index in [1.165, 1.54) is 0 Å². The van der Waals surface area contributed by atoms with Gasteiger partial charge in [0.25, 0.3) is 0 Å². The second-order valence-electron chi connectivity index (χ2n) is 0. The van der Waals surface area contributed by atoms with Crippen molar-refractivity contribution < 1.29 is 28.2 Å². The van der Waals surface area contributed by atoms with Gasteiger partial charge < -0.3 is 0 Å². The van der Waals surface area contributed by atoms with Gasteiger partial charge >= 0.3 is 51.4 Å². The van der Waals surface area contributed by atoms with Crippen molar-refractivity contribution in [2.24, 2.45) is 0 Å². The van der Waals surface area contributed by atoms with E-state index in [0.717, 1.165) is 0 Å². The second kappa shape index (κ2) is 168. The summed E-state index contributed by atoms with van der Waals surface area (Å²) in [6.07, 6.45) is 0. The molecule has 0 unspecified atom stereocenters. The number of hydrogen-bond acceptors (Lipinski definition) is 0. The molecule has 3 radical (unpaired) electrons. The number of hydrogen-bond donors (Lipinski definition) is 0. The molecule has 0 bridgehead atoms. The van der Waals surface area contributed by atoms with E-state index in [2.05, 4.69) is 0 Å². The maximum absolute atomic E-state index is 0. The van der Waals surface area contributed by atoms with E-state index in [4.69, 9.17) is 0 Å². The molecular weight excluding hydrogens is 228 g/mol. The van der Waals surface area contributed by atoms with Gasteiger partial charge in [-0.2, -0.15) is 0 Å². The predicted octanol–water partition coefficient (Wildman–Crippen LogP) is -0.114. The predicted molar refractivity (Wildman–Crippen MR) is 27.9 cm³/mol. The maximum atomic E-state index is 0. The summed E-state index contributed by atoms with van der Waals surface area (Å²) in [5.41, 5.74) is 0. The fourth-order valence-electron chi connectivity index (χ4n) is 0. The first-order chi connectivity index (χ1) is 0. The van der Waals surface area contributed by atoms with Crippen molar-refractivity contribution in [1.29, 1.82) is 0 Å². The topological polar surface area (TPSA) is 0 Å². The summed E-state index contributed by atoms with van der Waals surface area (Å²) < 4.78 is 0. The Hall–Kier alpha value is 1.77. The number of rotatable bonds is 0. The van der Waals surface area contributed by atoms with Crippen molar-refractivity contribution in [3.63, 3.8) is 0 Å². The second-order valence-corrected chi connectivity index (χ2v) is 0. The Kier molecular flexibility index (Phi) is 5030. The van der Waals surface area contributed by atoms with E-state index in [1.807, 2.05) is 0 Å². The summed E-state index contributed by atoms with van der Waals surface area (Å²) in [6.45, 7) is 0. The molecule has 0 spiro atoms. The minimum absolute atomic E-state index is 0. The summed E-state index contributed by atoms with van der Waals surface area (Å²) in [5.74, 6) is 0. The Bertz CT molecular complexity index is 8.49. The van der Waals surface area contributed by atoms with Gasteiger partial charge in [0.15, 0.2) is 0 Å². The fraction of sp³-hybridized carbons (Fsp3) is 0. The van der Waals surface area contributed by atoms with Gasteiger partial charge in [-0.05, 0) is 0 Å². The Morgan fingerprint density at radius 1 is 0.375 bits per heavy atom. The van der Waals surface area contributed by atoms with E-state index in [1.54, 1.807) is 0 Å². The van der Waals surface area contributed by atoms with Crippen LogP contribution in [-0.2, 0) is 0 Å². The van der Waals surface area contributed by atoms with E-state index in [9.17, 15) is 0 Å². The average molecular weight is 235 g/mol. The molecule has 0 heterocycles. The molecule has 0 saturated carbocycles. The Morgan fingerprint density at radius 2 is 0.375 bits per heavy atom. The van der Waals surface area contributed by atoms with Gasteiger partial charge in [-0.25, -0.2) is 0 Å². The van der Waals surface area contributed by atoms with Crippen molar-refractivity contribution in [2.45, 2.75) is 0 Å². The molecule has 8 heavy (non-hydrogen) atoms. The zero-order valence-electron chi connectivity index (χ0n) is 2.90. The monoisotopic (exact) mass is 235 g/mol. The van der Waals surface area contributed by atoms with Crippen molar-refractivity contribution in [1.82, 2.24) is 0 Å². The van der Waals surface area contributed by atoms with Gasteiger partial charge in [-0.1, -0.05) is 0 Å². The molecule has 0 aromatic heterocycles. The van der Waals surface area contributed by atoms with E-state index in [0.29, 0.717) is 0 Å². The standard InChI is InChI=1S/As.6FH.K.H/h;6*1H;;. The quantitative estimate of drug-likeness (QED) is 0.406. The van der Waals surface area contributed by atoms with Crippen LogP contribution < -0.4 is 0 Å². The van der Waals surface area contributed by atoms with Gasteiger partial charge in [-0.15, -0.1) is 0 Å². The van der Waals surface area contributed by atoms with Crippen LogP contribution in [-0.4, -0.2) is 69.3 Å². The molecule has 0 aliphatic rings. The number of halogens is 6. The molecule has 0 aromatic rings. The van der Waals surface area contributed by atoms with Crippen molar-refractivity contribution in [3.05, 3.63) is 0 Å². The zero-order chi connectivity index (χ0) is 0. The molecule has 0 rings (SSSR count). The molecule has 55 valence electrons. The molecule has 0 aliphatic carbocycles. The molecule has 0 aromatic carbocycles. The third kappa shape index (κ3) is 113. The van der Waals surface area contributed by atoms with Crippen molar-refractivity contribution >= 4 is 69.3 Å². The van der Waals surface area contributed by atoms with Crippen LogP contribution in [0.5, 0.6) is 0 Å².